The van der Waals surface area contributed by atoms with Crippen LogP contribution in [0.2, 0.25) is 0 Å². The molecule has 0 aromatic rings. The second-order valence-electron chi connectivity index (χ2n) is 6.51. The summed E-state index contributed by atoms with van der Waals surface area (Å²) < 4.78 is 0. The van der Waals surface area contributed by atoms with Gasteiger partial charge in [0.1, 0.15) is 0 Å². The largest absolute Gasteiger partial charge is 0.339 e. The van der Waals surface area contributed by atoms with Gasteiger partial charge in [0.25, 0.3) is 0 Å². The maximum absolute atomic E-state index is 13.0. The topological polar surface area (TPSA) is 46.3 Å². The first kappa shape index (κ1) is 16.5. The van der Waals surface area contributed by atoms with Crippen LogP contribution in [-0.4, -0.2) is 29.9 Å². The highest BCUT2D eigenvalue weighted by molar-refractivity contribution is 5.83. The van der Waals surface area contributed by atoms with Gasteiger partial charge in [-0.3, -0.25) is 4.79 Å². The molecular formula is C16H32N2O. The molecule has 2 N–H and O–H groups in total. The van der Waals surface area contributed by atoms with E-state index in [1.54, 1.807) is 0 Å². The molecule has 3 nitrogen and oxygen atoms in total. The third-order valence-corrected chi connectivity index (χ3v) is 4.61. The van der Waals surface area contributed by atoms with Gasteiger partial charge in [-0.15, -0.1) is 0 Å². The first-order valence-electron chi connectivity index (χ1n) is 8.01. The van der Waals surface area contributed by atoms with Gasteiger partial charge in [0.15, 0.2) is 0 Å². The van der Waals surface area contributed by atoms with Gasteiger partial charge in [-0.25, -0.2) is 0 Å². The zero-order valence-corrected chi connectivity index (χ0v) is 13.2. The molecule has 19 heavy (non-hydrogen) atoms. The predicted octanol–water partition coefficient (Wildman–Crippen LogP) is 3.18. The van der Waals surface area contributed by atoms with E-state index in [1.165, 1.54) is 0 Å². The normalized spacial score (nSPS) is 18.3. The van der Waals surface area contributed by atoms with E-state index in [4.69, 9.17) is 5.73 Å². The van der Waals surface area contributed by atoms with E-state index < -0.39 is 0 Å². The molecule has 0 aliphatic heterocycles. The summed E-state index contributed by atoms with van der Waals surface area (Å²) in [7, 11) is 0. The molecule has 0 heterocycles. The second-order valence-corrected chi connectivity index (χ2v) is 6.51. The van der Waals surface area contributed by atoms with Crippen LogP contribution >= 0.6 is 0 Å². The van der Waals surface area contributed by atoms with Crippen molar-refractivity contribution in [2.75, 3.05) is 13.1 Å². The molecule has 1 aliphatic carbocycles. The molecule has 0 unspecified atom stereocenters. The summed E-state index contributed by atoms with van der Waals surface area (Å²) in [6.45, 7) is 10.1. The summed E-state index contributed by atoms with van der Waals surface area (Å²) in [5, 5.41) is 0. The molecule has 3 heteroatoms. The Labute approximate surface area is 118 Å². The van der Waals surface area contributed by atoms with Crippen molar-refractivity contribution in [1.29, 1.82) is 0 Å². The van der Waals surface area contributed by atoms with Crippen LogP contribution < -0.4 is 5.73 Å². The van der Waals surface area contributed by atoms with Gasteiger partial charge >= 0.3 is 0 Å². The SMILES string of the molecule is CCC(CC)N(CC(C)C)C(=O)C1(CN)CCCC1. The Kier molecular flexibility index (Phi) is 6.31. The van der Waals surface area contributed by atoms with Crippen molar-refractivity contribution < 1.29 is 4.79 Å². The summed E-state index contributed by atoms with van der Waals surface area (Å²) in [5.41, 5.74) is 5.72. The van der Waals surface area contributed by atoms with E-state index >= 15 is 0 Å². The number of carbonyl (C=O) groups is 1. The fourth-order valence-electron chi connectivity index (χ4n) is 3.38. The van der Waals surface area contributed by atoms with E-state index in [-0.39, 0.29) is 5.41 Å². The van der Waals surface area contributed by atoms with Gasteiger partial charge in [-0.1, -0.05) is 40.5 Å². The number of hydrogen-bond acceptors (Lipinski definition) is 2. The van der Waals surface area contributed by atoms with Crippen molar-refractivity contribution in [2.45, 2.75) is 72.3 Å². The fourth-order valence-corrected chi connectivity index (χ4v) is 3.38. The average molecular weight is 268 g/mol. The molecule has 0 aromatic carbocycles. The van der Waals surface area contributed by atoms with Gasteiger partial charge in [-0.2, -0.15) is 0 Å². The van der Waals surface area contributed by atoms with E-state index in [1.807, 2.05) is 0 Å². The summed E-state index contributed by atoms with van der Waals surface area (Å²) >= 11 is 0. The van der Waals surface area contributed by atoms with E-state index in [9.17, 15) is 4.79 Å². The molecule has 1 amide bonds. The highest BCUT2D eigenvalue weighted by Crippen LogP contribution is 2.39. The van der Waals surface area contributed by atoms with Gasteiger partial charge in [0, 0.05) is 19.1 Å². The average Bonchev–Trinajstić information content (AvgIpc) is 2.87. The number of carbonyl (C=O) groups excluding carboxylic acids is 1. The lowest BCUT2D eigenvalue weighted by Crippen LogP contribution is -2.51. The fraction of sp³-hybridized carbons (Fsp3) is 0.938. The Morgan fingerprint density at radius 3 is 2.11 bits per heavy atom. The number of hydrogen-bond donors (Lipinski definition) is 1. The summed E-state index contributed by atoms with van der Waals surface area (Å²) in [4.78, 5) is 15.2. The molecule has 0 spiro atoms. The van der Waals surface area contributed by atoms with Gasteiger partial charge in [-0.05, 0) is 31.6 Å². The van der Waals surface area contributed by atoms with Crippen LogP contribution in [0.5, 0.6) is 0 Å². The summed E-state index contributed by atoms with van der Waals surface area (Å²) in [6, 6.07) is 0.374. The Morgan fingerprint density at radius 1 is 1.21 bits per heavy atom. The Balaban J connectivity index is 2.92. The molecule has 0 aromatic heterocycles. The van der Waals surface area contributed by atoms with Crippen molar-refractivity contribution in [3.8, 4) is 0 Å². The third kappa shape index (κ3) is 3.71. The standard InChI is InChI=1S/C16H32N2O/c1-5-14(6-2)18(11-13(3)4)15(19)16(12-17)9-7-8-10-16/h13-14H,5-12,17H2,1-4H3. The van der Waals surface area contributed by atoms with Crippen LogP contribution in [0.25, 0.3) is 0 Å². The zero-order valence-electron chi connectivity index (χ0n) is 13.2. The van der Waals surface area contributed by atoms with Crippen molar-refractivity contribution >= 4 is 5.91 Å². The molecule has 1 rings (SSSR count). The minimum absolute atomic E-state index is 0.252. The lowest BCUT2D eigenvalue weighted by Gasteiger charge is -2.39. The van der Waals surface area contributed by atoms with Crippen LogP contribution in [0.15, 0.2) is 0 Å². The number of amides is 1. The van der Waals surface area contributed by atoms with Crippen molar-refractivity contribution in [2.24, 2.45) is 17.1 Å². The van der Waals surface area contributed by atoms with Crippen molar-refractivity contribution in [3.05, 3.63) is 0 Å². The van der Waals surface area contributed by atoms with E-state index in [0.717, 1.165) is 45.1 Å². The molecular weight excluding hydrogens is 236 g/mol. The monoisotopic (exact) mass is 268 g/mol. The van der Waals surface area contributed by atoms with Crippen LogP contribution in [-0.2, 0) is 4.79 Å². The van der Waals surface area contributed by atoms with Crippen LogP contribution in [0.3, 0.4) is 0 Å². The first-order valence-corrected chi connectivity index (χ1v) is 8.01. The molecule has 0 radical (unpaired) electrons. The highest BCUT2D eigenvalue weighted by Gasteiger charge is 2.43. The van der Waals surface area contributed by atoms with Gasteiger partial charge < -0.3 is 10.6 Å². The van der Waals surface area contributed by atoms with Crippen molar-refractivity contribution in [1.82, 2.24) is 4.90 Å². The third-order valence-electron chi connectivity index (χ3n) is 4.61. The van der Waals surface area contributed by atoms with Crippen LogP contribution in [0.4, 0.5) is 0 Å². The summed E-state index contributed by atoms with van der Waals surface area (Å²) in [6.07, 6.45) is 6.35. The molecule has 0 atom stereocenters. The predicted molar refractivity (Wildman–Crippen MR) is 80.9 cm³/mol. The maximum Gasteiger partial charge on any atom is 0.230 e. The quantitative estimate of drug-likeness (QED) is 0.771. The highest BCUT2D eigenvalue weighted by atomic mass is 16.2. The number of nitrogens with zero attached hydrogens (tertiary/aromatic N) is 1. The molecule has 1 fully saturated rings. The Hall–Kier alpha value is -0.570. The van der Waals surface area contributed by atoms with Crippen LogP contribution in [0, 0.1) is 11.3 Å². The molecule has 0 saturated heterocycles. The maximum atomic E-state index is 13.0. The van der Waals surface area contributed by atoms with Crippen LogP contribution in [0.1, 0.15) is 66.2 Å². The van der Waals surface area contributed by atoms with Gasteiger partial charge in [0.2, 0.25) is 5.91 Å². The van der Waals surface area contributed by atoms with E-state index in [0.29, 0.717) is 24.4 Å². The van der Waals surface area contributed by atoms with Crippen molar-refractivity contribution in [3.63, 3.8) is 0 Å². The lowest BCUT2D eigenvalue weighted by atomic mass is 9.83. The Morgan fingerprint density at radius 2 is 1.74 bits per heavy atom. The van der Waals surface area contributed by atoms with Gasteiger partial charge in [0.05, 0.1) is 5.41 Å². The number of nitrogens with two attached hydrogens (primary N) is 1. The zero-order chi connectivity index (χ0) is 14.5. The molecule has 1 aliphatic rings. The molecule has 0 bridgehead atoms. The molecule has 1 saturated carbocycles. The molecule has 112 valence electrons. The number of rotatable bonds is 7. The Bertz CT molecular complexity index is 278. The smallest absolute Gasteiger partial charge is 0.230 e. The first-order chi connectivity index (χ1) is 9.00. The lowest BCUT2D eigenvalue weighted by molar-refractivity contribution is -0.144. The second kappa shape index (κ2) is 7.28. The minimum atomic E-state index is -0.252. The minimum Gasteiger partial charge on any atom is -0.339 e. The summed E-state index contributed by atoms with van der Waals surface area (Å²) in [5.74, 6) is 0.843. The van der Waals surface area contributed by atoms with E-state index in [2.05, 4.69) is 32.6 Å².